The molecule has 0 radical (unpaired) electrons. The third-order valence-electron chi connectivity index (χ3n) is 4.73. The highest BCUT2D eigenvalue weighted by Gasteiger charge is 2.43. The van der Waals surface area contributed by atoms with Crippen molar-refractivity contribution in [3.05, 3.63) is 0 Å². The van der Waals surface area contributed by atoms with Gasteiger partial charge < -0.3 is 15.3 Å². The zero-order valence-electron chi connectivity index (χ0n) is 16.0. The van der Waals surface area contributed by atoms with E-state index < -0.39 is 23.3 Å². The second-order valence-corrected chi connectivity index (χ2v) is 10.1. The maximum absolute atomic E-state index is 13.1. The molecule has 0 aromatic heterocycles. The summed E-state index contributed by atoms with van der Waals surface area (Å²) in [5.74, 6) is -0.726. The van der Waals surface area contributed by atoms with Crippen LogP contribution in [0.5, 0.6) is 0 Å². The standard InChI is InChI=1S/C18H28N2O5S2/c1-10(2)9-14(27-11(3)21)16(22)19-12-7-8-26-15-6-4-5-13(18(24)25)20(15)17(12)23/h10,12-15H,4-9H2,1-3H3,(H,19,22)(H,24,25)/t12-,13-,14?,15-/m0/s1. The van der Waals surface area contributed by atoms with E-state index in [9.17, 15) is 24.3 Å². The van der Waals surface area contributed by atoms with E-state index in [0.29, 0.717) is 25.0 Å². The average Bonchev–Trinajstić information content (AvgIpc) is 2.73. The van der Waals surface area contributed by atoms with Gasteiger partial charge in [0.2, 0.25) is 11.8 Å². The minimum Gasteiger partial charge on any atom is -0.480 e. The molecule has 27 heavy (non-hydrogen) atoms. The Morgan fingerprint density at radius 3 is 2.59 bits per heavy atom. The molecular weight excluding hydrogens is 388 g/mol. The van der Waals surface area contributed by atoms with Gasteiger partial charge in [0, 0.05) is 6.92 Å². The Bertz CT molecular complexity index is 598. The molecule has 2 amide bonds. The van der Waals surface area contributed by atoms with Crippen molar-refractivity contribution >= 4 is 46.4 Å². The van der Waals surface area contributed by atoms with Crippen LogP contribution in [0.3, 0.4) is 0 Å². The lowest BCUT2D eigenvalue weighted by Gasteiger charge is -2.39. The summed E-state index contributed by atoms with van der Waals surface area (Å²) in [4.78, 5) is 50.4. The molecule has 2 N–H and O–H groups in total. The van der Waals surface area contributed by atoms with Gasteiger partial charge in [-0.15, -0.1) is 11.8 Å². The number of carbonyl (C=O) groups excluding carboxylic acids is 3. The van der Waals surface area contributed by atoms with Gasteiger partial charge in [0.15, 0.2) is 5.12 Å². The van der Waals surface area contributed by atoms with Gasteiger partial charge in [-0.25, -0.2) is 4.79 Å². The van der Waals surface area contributed by atoms with Gasteiger partial charge in [-0.3, -0.25) is 14.4 Å². The number of carboxylic acids is 1. The zero-order valence-corrected chi connectivity index (χ0v) is 17.6. The number of fused-ring (bicyclic) bond motifs is 1. The number of thioether (sulfide) groups is 2. The van der Waals surface area contributed by atoms with Gasteiger partial charge in [-0.05, 0) is 43.8 Å². The molecule has 0 saturated carbocycles. The molecule has 2 saturated heterocycles. The number of carboxylic acid groups (broad SMARTS) is 1. The van der Waals surface area contributed by atoms with Crippen LogP contribution in [-0.2, 0) is 19.2 Å². The molecule has 0 bridgehead atoms. The summed E-state index contributed by atoms with van der Waals surface area (Å²) in [6.07, 6.45) is 3.00. The molecule has 2 aliphatic heterocycles. The van der Waals surface area contributed by atoms with E-state index in [1.165, 1.54) is 11.8 Å². The first-order chi connectivity index (χ1) is 12.7. The number of hydrogen-bond donors (Lipinski definition) is 2. The lowest BCUT2D eigenvalue weighted by molar-refractivity contribution is -0.154. The van der Waals surface area contributed by atoms with Gasteiger partial charge in [0.05, 0.1) is 10.6 Å². The van der Waals surface area contributed by atoms with Crippen molar-refractivity contribution in [3.8, 4) is 0 Å². The first-order valence-electron chi connectivity index (χ1n) is 9.34. The second kappa shape index (κ2) is 9.82. The molecule has 2 heterocycles. The maximum Gasteiger partial charge on any atom is 0.326 e. The summed E-state index contributed by atoms with van der Waals surface area (Å²) in [5.41, 5.74) is 0. The van der Waals surface area contributed by atoms with E-state index in [1.807, 2.05) is 13.8 Å². The lowest BCUT2D eigenvalue weighted by Crippen LogP contribution is -2.57. The van der Waals surface area contributed by atoms with E-state index >= 15 is 0 Å². The molecule has 2 rings (SSSR count). The Morgan fingerprint density at radius 2 is 2.00 bits per heavy atom. The van der Waals surface area contributed by atoms with Crippen molar-refractivity contribution in [2.45, 2.75) is 75.6 Å². The Balaban J connectivity index is 2.14. The summed E-state index contributed by atoms with van der Waals surface area (Å²) in [6, 6.07) is -1.57. The predicted molar refractivity (Wildman–Crippen MR) is 106 cm³/mol. The minimum absolute atomic E-state index is 0.138. The van der Waals surface area contributed by atoms with Crippen molar-refractivity contribution in [3.63, 3.8) is 0 Å². The number of piperidine rings is 1. The molecular formula is C18H28N2O5S2. The number of nitrogens with zero attached hydrogens (tertiary/aromatic N) is 1. The van der Waals surface area contributed by atoms with Crippen LogP contribution in [0.15, 0.2) is 0 Å². The fraction of sp³-hybridized carbons (Fsp3) is 0.778. The number of aliphatic carboxylic acids is 1. The average molecular weight is 417 g/mol. The Morgan fingerprint density at radius 1 is 1.30 bits per heavy atom. The van der Waals surface area contributed by atoms with E-state index in [0.717, 1.165) is 24.6 Å². The van der Waals surface area contributed by atoms with E-state index in [2.05, 4.69) is 5.32 Å². The van der Waals surface area contributed by atoms with Crippen molar-refractivity contribution in [1.82, 2.24) is 10.2 Å². The first-order valence-corrected chi connectivity index (χ1v) is 11.3. The summed E-state index contributed by atoms with van der Waals surface area (Å²) < 4.78 is 0. The summed E-state index contributed by atoms with van der Waals surface area (Å²) in [5, 5.41) is 11.5. The molecule has 2 fully saturated rings. The largest absolute Gasteiger partial charge is 0.480 e. The van der Waals surface area contributed by atoms with Gasteiger partial charge in [-0.1, -0.05) is 25.6 Å². The van der Waals surface area contributed by atoms with Crippen LogP contribution >= 0.6 is 23.5 Å². The number of nitrogens with one attached hydrogen (secondary N) is 1. The molecule has 0 aromatic rings. The van der Waals surface area contributed by atoms with Gasteiger partial charge >= 0.3 is 5.97 Å². The zero-order chi connectivity index (χ0) is 20.1. The van der Waals surface area contributed by atoms with Crippen LogP contribution in [0.2, 0.25) is 0 Å². The Hall–Kier alpha value is -1.22. The molecule has 1 unspecified atom stereocenters. The number of amides is 2. The van der Waals surface area contributed by atoms with Crippen LogP contribution in [0.25, 0.3) is 0 Å². The molecule has 9 heteroatoms. The van der Waals surface area contributed by atoms with Crippen LogP contribution in [0.1, 0.15) is 52.9 Å². The molecule has 4 atom stereocenters. The third-order valence-corrected chi connectivity index (χ3v) is 7.07. The summed E-state index contributed by atoms with van der Waals surface area (Å²) >= 11 is 2.57. The summed E-state index contributed by atoms with van der Waals surface area (Å²) in [6.45, 7) is 5.38. The topological polar surface area (TPSA) is 104 Å². The van der Waals surface area contributed by atoms with Gasteiger partial charge in [-0.2, -0.15) is 0 Å². The van der Waals surface area contributed by atoms with Crippen molar-refractivity contribution in [2.75, 3.05) is 5.75 Å². The smallest absolute Gasteiger partial charge is 0.326 e. The number of carbonyl (C=O) groups is 4. The quantitative estimate of drug-likeness (QED) is 0.683. The normalized spacial score (nSPS) is 26.9. The highest BCUT2D eigenvalue weighted by atomic mass is 32.2. The van der Waals surface area contributed by atoms with Crippen LogP contribution in [0.4, 0.5) is 0 Å². The monoisotopic (exact) mass is 416 g/mol. The molecule has 0 aliphatic carbocycles. The van der Waals surface area contributed by atoms with Crippen molar-refractivity contribution in [2.24, 2.45) is 5.92 Å². The molecule has 0 aromatic carbocycles. The van der Waals surface area contributed by atoms with Gasteiger partial charge in [0.1, 0.15) is 12.1 Å². The van der Waals surface area contributed by atoms with Crippen LogP contribution in [0, 0.1) is 5.92 Å². The maximum atomic E-state index is 13.1. The van der Waals surface area contributed by atoms with Gasteiger partial charge in [0.25, 0.3) is 0 Å². The molecule has 7 nitrogen and oxygen atoms in total. The predicted octanol–water partition coefficient (Wildman–Crippen LogP) is 2.09. The lowest BCUT2D eigenvalue weighted by atomic mass is 10.00. The van der Waals surface area contributed by atoms with E-state index in [1.54, 1.807) is 11.8 Å². The molecule has 0 spiro atoms. The van der Waals surface area contributed by atoms with E-state index in [-0.39, 0.29) is 28.2 Å². The third kappa shape index (κ3) is 5.88. The van der Waals surface area contributed by atoms with Crippen molar-refractivity contribution < 1.29 is 24.3 Å². The highest BCUT2D eigenvalue weighted by molar-refractivity contribution is 8.14. The number of hydrogen-bond acceptors (Lipinski definition) is 6. The fourth-order valence-electron chi connectivity index (χ4n) is 3.53. The minimum atomic E-state index is -0.995. The Labute approximate surface area is 168 Å². The highest BCUT2D eigenvalue weighted by Crippen LogP contribution is 2.34. The fourth-order valence-corrected chi connectivity index (χ4v) is 5.97. The summed E-state index contributed by atoms with van der Waals surface area (Å²) in [7, 11) is 0. The van der Waals surface area contributed by atoms with E-state index in [4.69, 9.17) is 0 Å². The first kappa shape index (κ1) is 22.1. The molecule has 2 aliphatic rings. The number of rotatable bonds is 6. The molecule has 152 valence electrons. The van der Waals surface area contributed by atoms with Crippen molar-refractivity contribution in [1.29, 1.82) is 0 Å². The van der Waals surface area contributed by atoms with Crippen LogP contribution in [-0.4, -0.2) is 61.4 Å². The second-order valence-electron chi connectivity index (χ2n) is 7.43. The van der Waals surface area contributed by atoms with Crippen LogP contribution < -0.4 is 5.32 Å². The SMILES string of the molecule is CC(=O)SC(CC(C)C)C(=O)N[C@H]1CCS[C@H]2CCC[C@@H](C(=O)O)N2C1=O. The Kier molecular flexibility index (Phi) is 8.03.